The number of rotatable bonds is 10. The van der Waals surface area contributed by atoms with Crippen molar-refractivity contribution in [3.8, 4) is 0 Å². The zero-order valence-corrected chi connectivity index (χ0v) is 14.9. The van der Waals surface area contributed by atoms with Crippen LogP contribution in [0.1, 0.15) is 25.8 Å². The van der Waals surface area contributed by atoms with Crippen LogP contribution >= 0.6 is 15.9 Å². The van der Waals surface area contributed by atoms with Gasteiger partial charge in [-0.2, -0.15) is 0 Å². The van der Waals surface area contributed by atoms with Crippen LogP contribution in [0.4, 0.5) is 0 Å². The van der Waals surface area contributed by atoms with E-state index >= 15 is 0 Å². The third-order valence-electron chi connectivity index (χ3n) is 2.83. The summed E-state index contributed by atoms with van der Waals surface area (Å²) in [5.74, 6) is 0. The third kappa shape index (κ3) is 6.44. The number of sulfonamides is 1. The molecule has 2 N–H and O–H groups in total. The molecule has 0 fully saturated rings. The monoisotopic (exact) mass is 378 g/mol. The van der Waals surface area contributed by atoms with Crippen molar-refractivity contribution in [2.75, 3.05) is 26.3 Å². The molecule has 0 spiro atoms. The second kappa shape index (κ2) is 9.53. The van der Waals surface area contributed by atoms with Crippen molar-refractivity contribution in [3.63, 3.8) is 0 Å². The van der Waals surface area contributed by atoms with Crippen molar-refractivity contribution in [3.05, 3.63) is 28.2 Å². The van der Waals surface area contributed by atoms with E-state index in [1.54, 1.807) is 6.07 Å². The molecule has 120 valence electrons. The maximum Gasteiger partial charge on any atom is 0.241 e. The Balaban J connectivity index is 2.65. The van der Waals surface area contributed by atoms with Gasteiger partial charge in [-0.25, -0.2) is 13.1 Å². The summed E-state index contributed by atoms with van der Waals surface area (Å²) >= 11 is 3.34. The lowest BCUT2D eigenvalue weighted by Crippen LogP contribution is -2.26. The Kier molecular flexibility index (Phi) is 8.43. The second-order valence-corrected chi connectivity index (χ2v) is 7.08. The number of halogens is 1. The molecular formula is C14H23BrN2O3S. The average molecular weight is 379 g/mol. The molecule has 1 aromatic carbocycles. The molecule has 0 aromatic heterocycles. The van der Waals surface area contributed by atoms with E-state index in [-0.39, 0.29) is 4.90 Å². The Labute approximate surface area is 135 Å². The van der Waals surface area contributed by atoms with Crippen LogP contribution in [0.3, 0.4) is 0 Å². The maximum atomic E-state index is 12.2. The normalized spacial score (nSPS) is 11.8. The minimum absolute atomic E-state index is 0.263. The summed E-state index contributed by atoms with van der Waals surface area (Å²) in [4.78, 5) is 0.263. The van der Waals surface area contributed by atoms with Gasteiger partial charge in [0.15, 0.2) is 0 Å². The SMILES string of the molecule is CCNCc1ccc(S(=O)(=O)NCCCOCC)c(Br)c1. The molecule has 0 atom stereocenters. The first-order valence-electron chi connectivity index (χ1n) is 7.07. The van der Waals surface area contributed by atoms with E-state index in [1.807, 2.05) is 26.0 Å². The van der Waals surface area contributed by atoms with E-state index in [0.29, 0.717) is 30.7 Å². The van der Waals surface area contributed by atoms with Gasteiger partial charge in [0, 0.05) is 30.8 Å². The van der Waals surface area contributed by atoms with Crippen LogP contribution < -0.4 is 10.0 Å². The Morgan fingerprint density at radius 2 is 2.05 bits per heavy atom. The van der Waals surface area contributed by atoms with Crippen LogP contribution in [0.15, 0.2) is 27.6 Å². The highest BCUT2D eigenvalue weighted by Crippen LogP contribution is 2.23. The Morgan fingerprint density at radius 1 is 1.29 bits per heavy atom. The predicted molar refractivity (Wildman–Crippen MR) is 87.8 cm³/mol. The minimum atomic E-state index is -3.49. The summed E-state index contributed by atoms with van der Waals surface area (Å²) in [7, 11) is -3.49. The molecule has 0 saturated heterocycles. The van der Waals surface area contributed by atoms with Gasteiger partial charge in [0.2, 0.25) is 10.0 Å². The molecule has 0 aliphatic heterocycles. The van der Waals surface area contributed by atoms with Crippen molar-refractivity contribution < 1.29 is 13.2 Å². The molecule has 0 amide bonds. The molecule has 7 heteroatoms. The van der Waals surface area contributed by atoms with Gasteiger partial charge < -0.3 is 10.1 Å². The highest BCUT2D eigenvalue weighted by Gasteiger charge is 2.17. The topological polar surface area (TPSA) is 67.4 Å². The predicted octanol–water partition coefficient (Wildman–Crippen LogP) is 2.26. The Morgan fingerprint density at radius 3 is 2.67 bits per heavy atom. The fourth-order valence-corrected chi connectivity index (χ4v) is 3.94. The summed E-state index contributed by atoms with van der Waals surface area (Å²) in [5, 5.41) is 3.20. The number of nitrogens with one attached hydrogen (secondary N) is 2. The molecule has 0 aliphatic carbocycles. The largest absolute Gasteiger partial charge is 0.382 e. The summed E-state index contributed by atoms with van der Waals surface area (Å²) in [6.07, 6.45) is 0.656. The van der Waals surface area contributed by atoms with Gasteiger partial charge in [-0.1, -0.05) is 13.0 Å². The molecule has 1 aromatic rings. The van der Waals surface area contributed by atoms with Crippen molar-refractivity contribution >= 4 is 26.0 Å². The molecule has 0 heterocycles. The molecule has 1 rings (SSSR count). The number of ether oxygens (including phenoxy) is 1. The van der Waals surface area contributed by atoms with Crippen LogP contribution in [0.25, 0.3) is 0 Å². The van der Waals surface area contributed by atoms with Crippen LogP contribution in [0, 0.1) is 0 Å². The van der Waals surface area contributed by atoms with E-state index in [1.165, 1.54) is 0 Å². The Bertz CT molecular complexity index is 535. The molecular weight excluding hydrogens is 356 g/mol. The fourth-order valence-electron chi connectivity index (χ4n) is 1.74. The third-order valence-corrected chi connectivity index (χ3v) is 5.26. The summed E-state index contributed by atoms with van der Waals surface area (Å²) < 4.78 is 32.8. The zero-order valence-electron chi connectivity index (χ0n) is 12.5. The number of hydrogen-bond acceptors (Lipinski definition) is 4. The molecule has 0 bridgehead atoms. The summed E-state index contributed by atoms with van der Waals surface area (Å²) in [5.41, 5.74) is 1.04. The van der Waals surface area contributed by atoms with Crippen LogP contribution in [0.2, 0.25) is 0 Å². The van der Waals surface area contributed by atoms with E-state index in [2.05, 4.69) is 26.0 Å². The lowest BCUT2D eigenvalue weighted by atomic mass is 10.2. The molecule has 0 radical (unpaired) electrons. The van der Waals surface area contributed by atoms with Crippen LogP contribution in [-0.4, -0.2) is 34.7 Å². The first kappa shape index (κ1) is 18.6. The van der Waals surface area contributed by atoms with Gasteiger partial charge >= 0.3 is 0 Å². The molecule has 21 heavy (non-hydrogen) atoms. The van der Waals surface area contributed by atoms with E-state index in [4.69, 9.17) is 4.74 Å². The standard InChI is InChI=1S/C14H23BrN2O3S/c1-3-16-11-12-6-7-14(13(15)10-12)21(18,19)17-8-5-9-20-4-2/h6-7,10,16-17H,3-5,8-9,11H2,1-2H3. The highest BCUT2D eigenvalue weighted by atomic mass is 79.9. The van der Waals surface area contributed by atoms with Crippen LogP contribution in [0.5, 0.6) is 0 Å². The van der Waals surface area contributed by atoms with E-state index < -0.39 is 10.0 Å². The first-order valence-corrected chi connectivity index (χ1v) is 9.35. The number of benzene rings is 1. The summed E-state index contributed by atoms with van der Waals surface area (Å²) in [6.45, 7) is 7.10. The lowest BCUT2D eigenvalue weighted by molar-refractivity contribution is 0.146. The molecule has 0 saturated carbocycles. The fraction of sp³-hybridized carbons (Fsp3) is 0.571. The summed E-state index contributed by atoms with van der Waals surface area (Å²) in [6, 6.07) is 5.28. The molecule has 0 unspecified atom stereocenters. The molecule has 0 aliphatic rings. The zero-order chi connectivity index (χ0) is 15.7. The van der Waals surface area contributed by atoms with E-state index in [0.717, 1.165) is 18.7 Å². The van der Waals surface area contributed by atoms with Gasteiger partial charge in [0.05, 0.1) is 4.90 Å². The quantitative estimate of drug-likeness (QED) is 0.612. The van der Waals surface area contributed by atoms with Crippen LogP contribution in [-0.2, 0) is 21.3 Å². The molecule has 5 nitrogen and oxygen atoms in total. The van der Waals surface area contributed by atoms with Gasteiger partial charge in [0.25, 0.3) is 0 Å². The van der Waals surface area contributed by atoms with Gasteiger partial charge in [-0.15, -0.1) is 0 Å². The van der Waals surface area contributed by atoms with Crippen molar-refractivity contribution in [2.45, 2.75) is 31.7 Å². The lowest BCUT2D eigenvalue weighted by Gasteiger charge is -2.10. The highest BCUT2D eigenvalue weighted by molar-refractivity contribution is 9.10. The van der Waals surface area contributed by atoms with Crippen molar-refractivity contribution in [1.29, 1.82) is 0 Å². The van der Waals surface area contributed by atoms with Crippen molar-refractivity contribution in [1.82, 2.24) is 10.0 Å². The van der Waals surface area contributed by atoms with Crippen molar-refractivity contribution in [2.24, 2.45) is 0 Å². The van der Waals surface area contributed by atoms with Gasteiger partial charge in [0.1, 0.15) is 0 Å². The smallest absolute Gasteiger partial charge is 0.241 e. The minimum Gasteiger partial charge on any atom is -0.382 e. The average Bonchev–Trinajstić information content (AvgIpc) is 2.44. The second-order valence-electron chi connectivity index (χ2n) is 4.49. The Hall–Kier alpha value is -0.470. The van der Waals surface area contributed by atoms with Gasteiger partial charge in [-0.05, 0) is 53.5 Å². The van der Waals surface area contributed by atoms with Gasteiger partial charge in [-0.3, -0.25) is 0 Å². The maximum absolute atomic E-state index is 12.2. The van der Waals surface area contributed by atoms with E-state index in [9.17, 15) is 8.42 Å². The first-order chi connectivity index (χ1) is 10.0. The number of hydrogen-bond donors (Lipinski definition) is 2.